The fourth-order valence-corrected chi connectivity index (χ4v) is 2.53. The number of thiazole rings is 1. The van der Waals surface area contributed by atoms with E-state index in [0.717, 1.165) is 5.69 Å². The van der Waals surface area contributed by atoms with Crippen molar-refractivity contribution in [2.75, 3.05) is 0 Å². The number of imidazole rings is 1. The number of nitriles is 1. The number of carbonyl (C=O) groups excluding carboxylic acids is 1. The van der Waals surface area contributed by atoms with Gasteiger partial charge in [-0.15, -0.1) is 11.3 Å². The lowest BCUT2D eigenvalue weighted by molar-refractivity contribution is 0.0992. The molecule has 7 nitrogen and oxygen atoms in total. The first-order valence-electron chi connectivity index (χ1n) is 5.02. The minimum Gasteiger partial charge on any atom is -0.291 e. The zero-order valence-corrected chi connectivity index (χ0v) is 9.81. The molecule has 0 radical (unpaired) electrons. The Balaban J connectivity index is 2.20. The summed E-state index contributed by atoms with van der Waals surface area (Å²) in [4.78, 5) is 16.7. The molecule has 0 spiro atoms. The van der Waals surface area contributed by atoms with Gasteiger partial charge in [0.2, 0.25) is 0 Å². The Labute approximate surface area is 105 Å². The molecule has 0 atom stereocenters. The fraction of sp³-hybridized carbons (Fsp3) is 0.100. The van der Waals surface area contributed by atoms with E-state index in [2.05, 4.69) is 20.4 Å². The number of fused-ring (bicyclic) bond motifs is 1. The van der Waals surface area contributed by atoms with Gasteiger partial charge in [0.1, 0.15) is 17.8 Å². The number of nitrogens with one attached hydrogen (secondary N) is 1. The van der Waals surface area contributed by atoms with Gasteiger partial charge in [-0.3, -0.25) is 9.20 Å². The molecule has 0 fully saturated rings. The van der Waals surface area contributed by atoms with Crippen LogP contribution in [0.5, 0.6) is 0 Å². The van der Waals surface area contributed by atoms with Crippen LogP contribution < -0.4 is 0 Å². The van der Waals surface area contributed by atoms with Gasteiger partial charge in [0, 0.05) is 5.38 Å². The van der Waals surface area contributed by atoms with Crippen LogP contribution in [-0.4, -0.2) is 30.6 Å². The molecule has 0 bridgehead atoms. The third-order valence-electron chi connectivity index (χ3n) is 2.45. The third-order valence-corrected chi connectivity index (χ3v) is 3.29. The van der Waals surface area contributed by atoms with Gasteiger partial charge in [-0.25, -0.2) is 4.98 Å². The van der Waals surface area contributed by atoms with Gasteiger partial charge in [-0.2, -0.15) is 20.7 Å². The summed E-state index contributed by atoms with van der Waals surface area (Å²) in [7, 11) is 0. The molecular formula is C10H6N6OS. The fourth-order valence-electron chi connectivity index (χ4n) is 1.67. The third kappa shape index (κ3) is 1.49. The Morgan fingerprint density at radius 2 is 2.44 bits per heavy atom. The molecule has 8 heteroatoms. The van der Waals surface area contributed by atoms with Crippen molar-refractivity contribution in [3.8, 4) is 17.5 Å². The van der Waals surface area contributed by atoms with Crippen molar-refractivity contribution >= 4 is 22.1 Å². The number of aromatic amines is 1. The second-order valence-electron chi connectivity index (χ2n) is 3.50. The molecule has 3 heterocycles. The van der Waals surface area contributed by atoms with Crippen molar-refractivity contribution in [2.24, 2.45) is 0 Å². The number of H-pyrrole nitrogens is 1. The lowest BCUT2D eigenvalue weighted by Gasteiger charge is -1.98. The topological polar surface area (TPSA) is 99.7 Å². The van der Waals surface area contributed by atoms with Gasteiger partial charge in [-0.05, 0) is 0 Å². The Morgan fingerprint density at radius 1 is 1.56 bits per heavy atom. The van der Waals surface area contributed by atoms with Crippen LogP contribution in [0.15, 0.2) is 17.8 Å². The Kier molecular flexibility index (Phi) is 2.39. The van der Waals surface area contributed by atoms with Crippen molar-refractivity contribution in [1.29, 1.82) is 5.26 Å². The van der Waals surface area contributed by atoms with Gasteiger partial charge in [-0.1, -0.05) is 0 Å². The summed E-state index contributed by atoms with van der Waals surface area (Å²) in [5.41, 5.74) is 1.76. The van der Waals surface area contributed by atoms with Crippen LogP contribution in [0.1, 0.15) is 16.9 Å². The van der Waals surface area contributed by atoms with Gasteiger partial charge in [0.05, 0.1) is 24.2 Å². The van der Waals surface area contributed by atoms with Crippen molar-refractivity contribution in [3.63, 3.8) is 0 Å². The number of ketones is 1. The van der Waals surface area contributed by atoms with E-state index in [1.807, 2.05) is 11.4 Å². The van der Waals surface area contributed by atoms with E-state index in [1.165, 1.54) is 17.5 Å². The molecule has 88 valence electrons. The number of hydrogen-bond acceptors (Lipinski definition) is 6. The van der Waals surface area contributed by atoms with E-state index < -0.39 is 0 Å². The van der Waals surface area contributed by atoms with Gasteiger partial charge in [0.15, 0.2) is 10.7 Å². The molecular weight excluding hydrogens is 252 g/mol. The number of rotatable bonds is 3. The lowest BCUT2D eigenvalue weighted by atomic mass is 10.2. The molecule has 1 N–H and O–H groups in total. The van der Waals surface area contributed by atoms with Gasteiger partial charge < -0.3 is 0 Å². The summed E-state index contributed by atoms with van der Waals surface area (Å²) in [5, 5.41) is 20.7. The van der Waals surface area contributed by atoms with Crippen molar-refractivity contribution in [1.82, 2.24) is 24.8 Å². The average molecular weight is 258 g/mol. The quantitative estimate of drug-likeness (QED) is 0.713. The molecule has 18 heavy (non-hydrogen) atoms. The molecule has 0 amide bonds. The standard InChI is InChI=1S/C10H6N6OS/c11-2-1-9(17)7-4-12-10-16(7)8(5-18-10)6-3-13-15-14-6/h3-5H,1H2,(H,13,14,15). The highest BCUT2D eigenvalue weighted by Gasteiger charge is 2.17. The summed E-state index contributed by atoms with van der Waals surface area (Å²) in [6, 6.07) is 1.85. The van der Waals surface area contributed by atoms with Crippen molar-refractivity contribution in [3.05, 3.63) is 23.5 Å². The van der Waals surface area contributed by atoms with Crippen LogP contribution in [0.3, 0.4) is 0 Å². The molecule has 0 aliphatic heterocycles. The summed E-state index contributed by atoms with van der Waals surface area (Å²) >= 11 is 1.40. The number of aromatic nitrogens is 5. The van der Waals surface area contributed by atoms with Crippen LogP contribution in [0.4, 0.5) is 0 Å². The average Bonchev–Trinajstić information content (AvgIpc) is 3.05. The molecule has 0 aliphatic carbocycles. The lowest BCUT2D eigenvalue weighted by Crippen LogP contribution is -2.02. The highest BCUT2D eigenvalue weighted by atomic mass is 32.1. The van der Waals surface area contributed by atoms with E-state index in [4.69, 9.17) is 5.26 Å². The van der Waals surface area contributed by atoms with E-state index >= 15 is 0 Å². The van der Waals surface area contributed by atoms with Crippen molar-refractivity contribution < 1.29 is 4.79 Å². The second-order valence-corrected chi connectivity index (χ2v) is 4.33. The summed E-state index contributed by atoms with van der Waals surface area (Å²) in [6.07, 6.45) is 2.89. The van der Waals surface area contributed by atoms with Gasteiger partial charge in [0.25, 0.3) is 0 Å². The van der Waals surface area contributed by atoms with E-state index in [0.29, 0.717) is 16.3 Å². The molecule has 0 unspecified atom stereocenters. The summed E-state index contributed by atoms with van der Waals surface area (Å²) in [6.45, 7) is 0. The van der Waals surface area contributed by atoms with E-state index in [-0.39, 0.29) is 12.2 Å². The first kappa shape index (κ1) is 10.6. The number of nitrogens with zero attached hydrogens (tertiary/aromatic N) is 5. The van der Waals surface area contributed by atoms with Crippen LogP contribution in [0.25, 0.3) is 16.3 Å². The Morgan fingerprint density at radius 3 is 3.17 bits per heavy atom. The maximum atomic E-state index is 11.8. The Bertz CT molecular complexity index is 747. The van der Waals surface area contributed by atoms with Crippen molar-refractivity contribution in [2.45, 2.75) is 6.42 Å². The minimum absolute atomic E-state index is 0.165. The molecule has 3 rings (SSSR count). The molecule has 0 aliphatic rings. The van der Waals surface area contributed by atoms with E-state index in [9.17, 15) is 4.79 Å². The second kappa shape index (κ2) is 4.05. The van der Waals surface area contributed by atoms with Crippen LogP contribution in [-0.2, 0) is 0 Å². The van der Waals surface area contributed by atoms with Crippen LogP contribution in [0.2, 0.25) is 0 Å². The van der Waals surface area contributed by atoms with E-state index in [1.54, 1.807) is 10.6 Å². The monoisotopic (exact) mass is 258 g/mol. The maximum absolute atomic E-state index is 11.8. The minimum atomic E-state index is -0.256. The first-order valence-corrected chi connectivity index (χ1v) is 5.90. The summed E-state index contributed by atoms with van der Waals surface area (Å²) < 4.78 is 1.70. The maximum Gasteiger partial charge on any atom is 0.195 e. The molecule has 0 saturated carbocycles. The molecule has 0 aromatic carbocycles. The predicted octanol–water partition coefficient (Wildman–Crippen LogP) is 1.28. The zero-order valence-electron chi connectivity index (χ0n) is 8.99. The zero-order chi connectivity index (χ0) is 12.5. The Hall–Kier alpha value is -2.53. The van der Waals surface area contributed by atoms with Gasteiger partial charge >= 0.3 is 0 Å². The normalized spacial score (nSPS) is 10.6. The largest absolute Gasteiger partial charge is 0.291 e. The van der Waals surface area contributed by atoms with Crippen LogP contribution >= 0.6 is 11.3 Å². The van der Waals surface area contributed by atoms with Crippen LogP contribution in [0, 0.1) is 11.3 Å². The molecule has 0 saturated heterocycles. The highest BCUT2D eigenvalue weighted by molar-refractivity contribution is 7.15. The molecule has 3 aromatic rings. The number of hydrogen-bond donors (Lipinski definition) is 1. The number of carbonyl (C=O) groups is 1. The SMILES string of the molecule is N#CCC(=O)c1cnc2scc(-c3cn[nH]n3)n12. The predicted molar refractivity (Wildman–Crippen MR) is 63.0 cm³/mol. The number of Topliss-reactive ketones (excluding diaryl/α,β-unsaturated/α-hetero) is 1. The smallest absolute Gasteiger partial charge is 0.195 e. The molecule has 3 aromatic heterocycles. The summed E-state index contributed by atoms with van der Waals surface area (Å²) in [5.74, 6) is -0.256. The highest BCUT2D eigenvalue weighted by Crippen LogP contribution is 2.25. The first-order chi connectivity index (χ1) is 8.81.